The van der Waals surface area contributed by atoms with Gasteiger partial charge in [-0.1, -0.05) is 24.3 Å². The van der Waals surface area contributed by atoms with Crippen LogP contribution in [0.25, 0.3) is 16.9 Å². The first-order valence-corrected chi connectivity index (χ1v) is 7.24. The van der Waals surface area contributed by atoms with E-state index in [1.165, 1.54) is 28.8 Å². The summed E-state index contributed by atoms with van der Waals surface area (Å²) in [6.07, 6.45) is 5.21. The highest BCUT2D eigenvalue weighted by Crippen LogP contribution is 2.33. The van der Waals surface area contributed by atoms with Crippen molar-refractivity contribution in [1.29, 1.82) is 0 Å². The number of aromatic nitrogens is 2. The summed E-state index contributed by atoms with van der Waals surface area (Å²) in [6.45, 7) is 0. The monoisotopic (exact) mass is 278 g/mol. The Morgan fingerprint density at radius 2 is 1.67 bits per heavy atom. The van der Waals surface area contributed by atoms with E-state index in [1.54, 1.807) is 12.1 Å². The van der Waals surface area contributed by atoms with E-state index in [9.17, 15) is 4.39 Å². The molecule has 0 fully saturated rings. The minimum atomic E-state index is -0.225. The highest BCUT2D eigenvalue weighted by molar-refractivity contribution is 5.70. The van der Waals surface area contributed by atoms with Crippen LogP contribution >= 0.6 is 0 Å². The third-order valence-corrected chi connectivity index (χ3v) is 4.08. The Hall–Kier alpha value is -2.42. The fraction of sp³-hybridized carbons (Fsp3) is 0.167. The van der Waals surface area contributed by atoms with Crippen molar-refractivity contribution in [3.8, 4) is 16.9 Å². The number of hydrogen-bond acceptors (Lipinski definition) is 1. The van der Waals surface area contributed by atoms with Crippen LogP contribution in [0.4, 0.5) is 4.39 Å². The van der Waals surface area contributed by atoms with Gasteiger partial charge in [-0.3, -0.25) is 0 Å². The highest BCUT2D eigenvalue weighted by atomic mass is 19.1. The summed E-state index contributed by atoms with van der Waals surface area (Å²) in [6, 6.07) is 15.0. The number of nitrogens with zero attached hydrogens (tertiary/aromatic N) is 2. The van der Waals surface area contributed by atoms with Crippen LogP contribution in [0, 0.1) is 5.82 Å². The lowest BCUT2D eigenvalue weighted by molar-refractivity contribution is 0.627. The molecule has 2 nitrogen and oxygen atoms in total. The van der Waals surface area contributed by atoms with E-state index in [-0.39, 0.29) is 5.82 Å². The van der Waals surface area contributed by atoms with Crippen molar-refractivity contribution in [3.05, 3.63) is 71.7 Å². The lowest BCUT2D eigenvalue weighted by Gasteiger charge is -2.11. The first kappa shape index (κ1) is 12.3. The lowest BCUT2D eigenvalue weighted by Crippen LogP contribution is -2.00. The summed E-state index contributed by atoms with van der Waals surface area (Å²) in [5.41, 5.74) is 5.92. The van der Waals surface area contributed by atoms with Crippen LogP contribution in [0.1, 0.15) is 17.5 Å². The van der Waals surface area contributed by atoms with Gasteiger partial charge in [0.15, 0.2) is 0 Å². The summed E-state index contributed by atoms with van der Waals surface area (Å²) >= 11 is 0. The van der Waals surface area contributed by atoms with E-state index in [1.807, 2.05) is 10.9 Å². The Kier molecular flexibility index (Phi) is 2.85. The third kappa shape index (κ3) is 2.05. The van der Waals surface area contributed by atoms with Gasteiger partial charge in [0, 0.05) is 5.56 Å². The summed E-state index contributed by atoms with van der Waals surface area (Å²) in [7, 11) is 0. The van der Waals surface area contributed by atoms with Gasteiger partial charge in [-0.05, 0) is 54.7 Å². The maximum absolute atomic E-state index is 13.1. The molecule has 0 bridgehead atoms. The molecule has 1 aliphatic rings. The summed E-state index contributed by atoms with van der Waals surface area (Å²) in [5, 5.41) is 4.53. The zero-order valence-electron chi connectivity index (χ0n) is 11.6. The topological polar surface area (TPSA) is 17.8 Å². The average Bonchev–Trinajstić information content (AvgIpc) is 2.84. The molecule has 0 N–H and O–H groups in total. The Morgan fingerprint density at radius 3 is 2.52 bits per heavy atom. The molecule has 1 aromatic heterocycles. The van der Waals surface area contributed by atoms with Gasteiger partial charge in [-0.2, -0.15) is 5.10 Å². The van der Waals surface area contributed by atoms with Gasteiger partial charge in [0.1, 0.15) is 5.82 Å². The second-order valence-electron chi connectivity index (χ2n) is 5.42. The number of hydrogen-bond donors (Lipinski definition) is 0. The molecule has 3 heteroatoms. The van der Waals surface area contributed by atoms with Crippen molar-refractivity contribution in [2.24, 2.45) is 0 Å². The van der Waals surface area contributed by atoms with Crippen molar-refractivity contribution in [1.82, 2.24) is 9.78 Å². The van der Waals surface area contributed by atoms with Crippen molar-refractivity contribution >= 4 is 0 Å². The number of fused-ring (bicyclic) bond motifs is 3. The van der Waals surface area contributed by atoms with Crippen LogP contribution in [0.5, 0.6) is 0 Å². The van der Waals surface area contributed by atoms with E-state index in [2.05, 4.69) is 29.4 Å². The van der Waals surface area contributed by atoms with Gasteiger partial charge in [0.05, 0.1) is 17.6 Å². The highest BCUT2D eigenvalue weighted by Gasteiger charge is 2.19. The molecule has 104 valence electrons. The molecule has 2 aromatic carbocycles. The second kappa shape index (κ2) is 4.85. The van der Waals surface area contributed by atoms with E-state index in [0.717, 1.165) is 30.6 Å². The third-order valence-electron chi connectivity index (χ3n) is 4.08. The zero-order chi connectivity index (χ0) is 14.2. The van der Waals surface area contributed by atoms with E-state index < -0.39 is 0 Å². The van der Waals surface area contributed by atoms with Crippen LogP contribution in [-0.2, 0) is 12.8 Å². The van der Waals surface area contributed by atoms with Crippen LogP contribution < -0.4 is 0 Å². The van der Waals surface area contributed by atoms with Crippen LogP contribution in [0.15, 0.2) is 54.7 Å². The number of rotatable bonds is 1. The van der Waals surface area contributed by atoms with Crippen LogP contribution in [0.3, 0.4) is 0 Å². The largest absolute Gasteiger partial charge is 0.233 e. The fourth-order valence-electron chi connectivity index (χ4n) is 3.07. The maximum Gasteiger partial charge on any atom is 0.123 e. The fourth-order valence-corrected chi connectivity index (χ4v) is 3.07. The second-order valence-corrected chi connectivity index (χ2v) is 5.42. The van der Waals surface area contributed by atoms with Crippen LogP contribution in [0.2, 0.25) is 0 Å². The van der Waals surface area contributed by atoms with Crippen molar-refractivity contribution in [2.45, 2.75) is 19.3 Å². The zero-order valence-corrected chi connectivity index (χ0v) is 11.6. The van der Waals surface area contributed by atoms with E-state index in [4.69, 9.17) is 0 Å². The first-order chi connectivity index (χ1) is 10.3. The molecule has 3 aromatic rings. The standard InChI is InChI=1S/C18H15FN2/c19-15-8-10-16(11-9-15)21-18-14(12-20-21)6-3-5-13-4-1-2-7-17(13)18/h1-2,4,7-12H,3,5-6H2. The SMILES string of the molecule is Fc1ccc(-n2ncc3c2-c2ccccc2CCC3)cc1. The molecule has 0 aliphatic heterocycles. The summed E-state index contributed by atoms with van der Waals surface area (Å²) < 4.78 is 15.1. The average molecular weight is 278 g/mol. The molecule has 0 unspecified atom stereocenters. The molecular formula is C18H15FN2. The first-order valence-electron chi connectivity index (χ1n) is 7.24. The molecule has 0 spiro atoms. The predicted molar refractivity (Wildman–Crippen MR) is 81.0 cm³/mol. The molecule has 21 heavy (non-hydrogen) atoms. The number of benzene rings is 2. The van der Waals surface area contributed by atoms with E-state index in [0.29, 0.717) is 0 Å². The summed E-state index contributed by atoms with van der Waals surface area (Å²) in [5.74, 6) is -0.225. The molecule has 0 radical (unpaired) electrons. The maximum atomic E-state index is 13.1. The quantitative estimate of drug-likeness (QED) is 0.653. The molecule has 4 rings (SSSR count). The minimum Gasteiger partial charge on any atom is -0.233 e. The predicted octanol–water partition coefficient (Wildman–Crippen LogP) is 4.17. The molecule has 0 amide bonds. The van der Waals surface area contributed by atoms with Gasteiger partial charge in [-0.25, -0.2) is 9.07 Å². The molecule has 0 saturated carbocycles. The van der Waals surface area contributed by atoms with Crippen molar-refractivity contribution in [2.75, 3.05) is 0 Å². The Morgan fingerprint density at radius 1 is 0.905 bits per heavy atom. The summed E-state index contributed by atoms with van der Waals surface area (Å²) in [4.78, 5) is 0. The van der Waals surface area contributed by atoms with Gasteiger partial charge in [-0.15, -0.1) is 0 Å². The van der Waals surface area contributed by atoms with Crippen LogP contribution in [-0.4, -0.2) is 9.78 Å². The Labute approximate surface area is 122 Å². The minimum absolute atomic E-state index is 0.225. The molecule has 0 atom stereocenters. The number of halogens is 1. The van der Waals surface area contributed by atoms with E-state index >= 15 is 0 Å². The van der Waals surface area contributed by atoms with Gasteiger partial charge in [0.25, 0.3) is 0 Å². The normalized spacial score (nSPS) is 13.4. The molecular weight excluding hydrogens is 263 g/mol. The lowest BCUT2D eigenvalue weighted by atomic mass is 10.0. The Balaban J connectivity index is 1.95. The van der Waals surface area contributed by atoms with Gasteiger partial charge < -0.3 is 0 Å². The molecule has 1 heterocycles. The Bertz CT molecular complexity index is 787. The molecule has 1 aliphatic carbocycles. The van der Waals surface area contributed by atoms with Gasteiger partial charge in [0.2, 0.25) is 0 Å². The smallest absolute Gasteiger partial charge is 0.123 e. The van der Waals surface area contributed by atoms with Crippen molar-refractivity contribution in [3.63, 3.8) is 0 Å². The van der Waals surface area contributed by atoms with Crippen molar-refractivity contribution < 1.29 is 4.39 Å². The van der Waals surface area contributed by atoms with Gasteiger partial charge >= 0.3 is 0 Å². The molecule has 0 saturated heterocycles. The number of aryl methyl sites for hydroxylation is 2.